The van der Waals surface area contributed by atoms with Gasteiger partial charge in [0.15, 0.2) is 0 Å². The molecule has 1 heterocycles. The summed E-state index contributed by atoms with van der Waals surface area (Å²) in [4.78, 5) is 0. The van der Waals surface area contributed by atoms with Crippen LogP contribution in [0.5, 0.6) is 0 Å². The molecular weight excluding hydrogens is 200 g/mol. The molecule has 0 N–H and O–H groups in total. The van der Waals surface area contributed by atoms with Crippen molar-refractivity contribution in [1.29, 1.82) is 0 Å². The monoisotopic (exact) mass is 216 g/mol. The molecule has 0 atom stereocenters. The third kappa shape index (κ3) is 2.36. The van der Waals surface area contributed by atoms with Crippen molar-refractivity contribution in [1.82, 2.24) is 0 Å². The van der Waals surface area contributed by atoms with Gasteiger partial charge in [-0.3, -0.25) is 4.18 Å². The summed E-state index contributed by atoms with van der Waals surface area (Å²) in [5, 5.41) is 0. The number of hydrogen-bond donors (Lipinski definition) is 0. The van der Waals surface area contributed by atoms with Gasteiger partial charge in [-0.1, -0.05) is 30.9 Å². The zero-order valence-corrected chi connectivity index (χ0v) is 9.05. The molecule has 0 aromatic carbocycles. The minimum atomic E-state index is -3.25. The van der Waals surface area contributed by atoms with Crippen LogP contribution in [-0.4, -0.2) is 20.8 Å². The Labute approximate surface area is 85.3 Å². The van der Waals surface area contributed by atoms with Crippen molar-refractivity contribution in [3.8, 4) is 0 Å². The van der Waals surface area contributed by atoms with Gasteiger partial charge in [0.05, 0.1) is 12.4 Å². The highest BCUT2D eigenvalue weighted by Gasteiger charge is 2.25. The van der Waals surface area contributed by atoms with Crippen LogP contribution in [0.25, 0.3) is 0 Å². The molecule has 0 saturated heterocycles. The van der Waals surface area contributed by atoms with Crippen molar-refractivity contribution in [2.24, 2.45) is 5.92 Å². The molecule has 1 aliphatic heterocycles. The molecule has 1 saturated carbocycles. The van der Waals surface area contributed by atoms with Gasteiger partial charge in [0.2, 0.25) is 0 Å². The molecule has 0 unspecified atom stereocenters. The van der Waals surface area contributed by atoms with Crippen LogP contribution in [0, 0.1) is 5.92 Å². The SMILES string of the molecule is O=S1(=O)CC(C2CCCCC2)=CCO1. The Kier molecular flexibility index (Phi) is 2.93. The fourth-order valence-electron chi connectivity index (χ4n) is 2.31. The Hall–Kier alpha value is -0.350. The Bertz CT molecular complexity index is 323. The van der Waals surface area contributed by atoms with Gasteiger partial charge in [-0.2, -0.15) is 8.42 Å². The van der Waals surface area contributed by atoms with Gasteiger partial charge in [0.25, 0.3) is 10.1 Å². The van der Waals surface area contributed by atoms with Crippen LogP contribution in [0.1, 0.15) is 32.1 Å². The first kappa shape index (κ1) is 10.2. The smallest absolute Gasteiger partial charge is 0.266 e. The number of rotatable bonds is 1. The Morgan fingerprint density at radius 1 is 1.21 bits per heavy atom. The highest BCUT2D eigenvalue weighted by molar-refractivity contribution is 7.86. The molecule has 0 radical (unpaired) electrons. The molecule has 1 aliphatic carbocycles. The van der Waals surface area contributed by atoms with Gasteiger partial charge >= 0.3 is 0 Å². The first-order chi connectivity index (χ1) is 6.67. The average Bonchev–Trinajstić information content (AvgIpc) is 2.18. The van der Waals surface area contributed by atoms with Crippen molar-refractivity contribution in [2.75, 3.05) is 12.4 Å². The molecule has 0 amide bonds. The first-order valence-corrected chi connectivity index (χ1v) is 6.81. The summed E-state index contributed by atoms with van der Waals surface area (Å²) in [5.41, 5.74) is 1.09. The largest absolute Gasteiger partial charge is 0.271 e. The van der Waals surface area contributed by atoms with Crippen LogP contribution in [-0.2, 0) is 14.3 Å². The van der Waals surface area contributed by atoms with E-state index in [4.69, 9.17) is 0 Å². The minimum absolute atomic E-state index is 0.123. The lowest BCUT2D eigenvalue weighted by molar-refractivity contribution is 0.338. The van der Waals surface area contributed by atoms with Crippen molar-refractivity contribution in [3.63, 3.8) is 0 Å². The summed E-state index contributed by atoms with van der Waals surface area (Å²) in [6.07, 6.45) is 8.04. The van der Waals surface area contributed by atoms with Crippen LogP contribution < -0.4 is 0 Å². The van der Waals surface area contributed by atoms with Gasteiger partial charge in [-0.15, -0.1) is 0 Å². The third-order valence-corrected chi connectivity index (χ3v) is 4.25. The van der Waals surface area contributed by atoms with Gasteiger partial charge in [0.1, 0.15) is 0 Å². The van der Waals surface area contributed by atoms with Crippen LogP contribution in [0.3, 0.4) is 0 Å². The fraction of sp³-hybridized carbons (Fsp3) is 0.800. The molecular formula is C10H16O3S. The molecule has 3 nitrogen and oxygen atoms in total. The van der Waals surface area contributed by atoms with Crippen LogP contribution in [0.4, 0.5) is 0 Å². The summed E-state index contributed by atoms with van der Waals surface area (Å²) in [6.45, 7) is 0.244. The molecule has 14 heavy (non-hydrogen) atoms. The summed E-state index contributed by atoms with van der Waals surface area (Å²) in [5.74, 6) is 0.625. The first-order valence-electron chi connectivity index (χ1n) is 5.23. The second-order valence-corrected chi connectivity index (χ2v) is 5.74. The van der Waals surface area contributed by atoms with E-state index in [-0.39, 0.29) is 12.4 Å². The van der Waals surface area contributed by atoms with E-state index in [1.165, 1.54) is 19.3 Å². The topological polar surface area (TPSA) is 43.4 Å². The maximum atomic E-state index is 11.2. The summed E-state index contributed by atoms with van der Waals surface area (Å²) < 4.78 is 27.2. The second kappa shape index (κ2) is 4.03. The predicted molar refractivity (Wildman–Crippen MR) is 54.4 cm³/mol. The zero-order chi connectivity index (χ0) is 10.0. The predicted octanol–water partition coefficient (Wildman–Crippen LogP) is 1.85. The maximum absolute atomic E-state index is 11.2. The van der Waals surface area contributed by atoms with Crippen molar-refractivity contribution in [2.45, 2.75) is 32.1 Å². The minimum Gasteiger partial charge on any atom is -0.266 e. The molecule has 2 aliphatic rings. The van der Waals surface area contributed by atoms with Gasteiger partial charge in [-0.25, -0.2) is 0 Å². The van der Waals surface area contributed by atoms with Crippen molar-refractivity contribution < 1.29 is 12.6 Å². The van der Waals surface area contributed by atoms with E-state index in [9.17, 15) is 8.42 Å². The summed E-state index contributed by atoms with van der Waals surface area (Å²) in [7, 11) is -3.25. The van der Waals surface area contributed by atoms with Gasteiger partial charge in [-0.05, 0) is 18.8 Å². The Morgan fingerprint density at radius 3 is 2.57 bits per heavy atom. The van der Waals surface area contributed by atoms with Crippen LogP contribution in [0.2, 0.25) is 0 Å². The Balaban J connectivity index is 2.06. The van der Waals surface area contributed by atoms with Crippen molar-refractivity contribution >= 4 is 10.1 Å². The van der Waals surface area contributed by atoms with E-state index < -0.39 is 10.1 Å². The fourth-order valence-corrected chi connectivity index (χ4v) is 3.43. The third-order valence-electron chi connectivity index (χ3n) is 3.07. The Morgan fingerprint density at radius 2 is 1.93 bits per heavy atom. The van der Waals surface area contributed by atoms with Crippen LogP contribution in [0.15, 0.2) is 11.6 Å². The lowest BCUT2D eigenvalue weighted by atomic mass is 9.84. The second-order valence-electron chi connectivity index (χ2n) is 4.10. The standard InChI is InChI=1S/C10H16O3S/c11-14(12)8-10(6-7-13-14)9-4-2-1-3-5-9/h6,9H,1-5,7-8H2. The summed E-state index contributed by atoms with van der Waals surface area (Å²) in [6, 6.07) is 0. The quantitative estimate of drug-likeness (QED) is 0.496. The van der Waals surface area contributed by atoms with Crippen molar-refractivity contribution in [3.05, 3.63) is 11.6 Å². The maximum Gasteiger partial charge on any atom is 0.271 e. The molecule has 2 rings (SSSR count). The number of hydrogen-bond acceptors (Lipinski definition) is 3. The summed E-state index contributed by atoms with van der Waals surface area (Å²) >= 11 is 0. The molecule has 0 aromatic heterocycles. The van der Waals surface area contributed by atoms with Gasteiger partial charge in [0, 0.05) is 0 Å². The zero-order valence-electron chi connectivity index (χ0n) is 8.24. The van der Waals surface area contributed by atoms with E-state index in [2.05, 4.69) is 4.18 Å². The van der Waals surface area contributed by atoms with E-state index >= 15 is 0 Å². The lowest BCUT2D eigenvalue weighted by Gasteiger charge is -2.26. The van der Waals surface area contributed by atoms with E-state index in [0.717, 1.165) is 18.4 Å². The molecule has 0 bridgehead atoms. The van der Waals surface area contributed by atoms with E-state index in [1.807, 2.05) is 6.08 Å². The molecule has 80 valence electrons. The molecule has 4 heteroatoms. The molecule has 0 aromatic rings. The van der Waals surface area contributed by atoms with E-state index in [0.29, 0.717) is 5.92 Å². The van der Waals surface area contributed by atoms with Gasteiger partial charge < -0.3 is 0 Å². The average molecular weight is 216 g/mol. The highest BCUT2D eigenvalue weighted by Crippen LogP contribution is 2.31. The van der Waals surface area contributed by atoms with E-state index in [1.54, 1.807) is 0 Å². The normalized spacial score (nSPS) is 28.4. The lowest BCUT2D eigenvalue weighted by Crippen LogP contribution is -2.23. The van der Waals surface area contributed by atoms with Crippen LogP contribution >= 0.6 is 0 Å². The molecule has 1 fully saturated rings. The molecule has 0 spiro atoms. The highest BCUT2D eigenvalue weighted by atomic mass is 32.2.